The summed E-state index contributed by atoms with van der Waals surface area (Å²) in [6.07, 6.45) is 8.54. The largest absolute Gasteiger partial charge is 0.370 e. The van der Waals surface area contributed by atoms with Gasteiger partial charge in [-0.15, -0.1) is 0 Å². The molecule has 132 valence electrons. The highest BCUT2D eigenvalue weighted by atomic mass is 35.5. The second-order valence-corrected chi connectivity index (χ2v) is 8.43. The first kappa shape index (κ1) is 15.5. The highest BCUT2D eigenvalue weighted by Gasteiger charge is 2.57. The minimum atomic E-state index is -1.02. The number of carbonyl (C=O) groups is 1. The number of carbonyl (C=O) groups excluding carboxylic acids is 1. The number of amides is 1. The van der Waals surface area contributed by atoms with Crippen molar-refractivity contribution in [2.24, 2.45) is 29.4 Å². The van der Waals surface area contributed by atoms with Gasteiger partial charge < -0.3 is 21.1 Å². The lowest BCUT2D eigenvalue weighted by Gasteiger charge is -2.59. The molecule has 2 aromatic rings. The van der Waals surface area contributed by atoms with Crippen LogP contribution in [-0.4, -0.2) is 26.7 Å². The average Bonchev–Trinajstić information content (AvgIpc) is 2.94. The Morgan fingerprint density at radius 2 is 1.92 bits per heavy atom. The first-order valence-corrected chi connectivity index (χ1v) is 9.29. The van der Waals surface area contributed by atoms with Gasteiger partial charge in [0, 0.05) is 24.2 Å². The molecule has 0 atom stereocenters. The molecule has 2 aromatic heterocycles. The summed E-state index contributed by atoms with van der Waals surface area (Å²) in [4.78, 5) is 19.2. The highest BCUT2D eigenvalue weighted by molar-refractivity contribution is 6.37. The van der Waals surface area contributed by atoms with Crippen molar-refractivity contribution >= 4 is 34.2 Å². The number of hydrogen-bond acceptors (Lipinski definition) is 4. The van der Waals surface area contributed by atoms with E-state index in [-0.39, 0.29) is 17.4 Å². The Kier molecular flexibility index (Phi) is 3.16. The fourth-order valence-corrected chi connectivity index (χ4v) is 5.92. The van der Waals surface area contributed by atoms with Gasteiger partial charge in [0.25, 0.3) is 5.91 Å². The fourth-order valence-electron chi connectivity index (χ4n) is 5.68. The predicted molar refractivity (Wildman–Crippen MR) is 95.2 cm³/mol. The van der Waals surface area contributed by atoms with Crippen LogP contribution < -0.4 is 11.1 Å². The number of nitrogens with one attached hydrogen (secondary N) is 2. The number of primary amides is 1. The van der Waals surface area contributed by atoms with Crippen LogP contribution in [0, 0.1) is 23.7 Å². The van der Waals surface area contributed by atoms with Gasteiger partial charge in [-0.05, 0) is 43.9 Å². The number of aromatic nitrogens is 2. The van der Waals surface area contributed by atoms with E-state index in [2.05, 4.69) is 15.3 Å². The van der Waals surface area contributed by atoms with E-state index in [1.54, 1.807) is 6.20 Å². The number of nitrogens with two attached hydrogens (primary N) is 1. The monoisotopic (exact) mass is 360 g/mol. The van der Waals surface area contributed by atoms with E-state index < -0.39 is 11.6 Å². The first-order chi connectivity index (χ1) is 12.0. The van der Waals surface area contributed by atoms with Crippen molar-refractivity contribution in [1.29, 1.82) is 0 Å². The van der Waals surface area contributed by atoms with Crippen LogP contribution in [0.1, 0.15) is 42.5 Å². The molecule has 0 radical (unpaired) electrons. The summed E-state index contributed by atoms with van der Waals surface area (Å²) in [6.45, 7) is 0. The van der Waals surface area contributed by atoms with Gasteiger partial charge in [-0.3, -0.25) is 4.79 Å². The molecule has 4 aliphatic carbocycles. The molecule has 25 heavy (non-hydrogen) atoms. The lowest BCUT2D eigenvalue weighted by atomic mass is 9.52. The van der Waals surface area contributed by atoms with Gasteiger partial charge in [-0.1, -0.05) is 11.6 Å². The lowest BCUT2D eigenvalue weighted by molar-refractivity contribution is -0.154. The summed E-state index contributed by atoms with van der Waals surface area (Å²) in [5.41, 5.74) is 5.88. The van der Waals surface area contributed by atoms with E-state index in [4.69, 9.17) is 17.3 Å². The number of hydrogen-bond donors (Lipinski definition) is 4. The van der Waals surface area contributed by atoms with Crippen molar-refractivity contribution in [3.63, 3.8) is 0 Å². The van der Waals surface area contributed by atoms with Crippen LogP contribution in [0.25, 0.3) is 11.0 Å². The van der Waals surface area contributed by atoms with Crippen molar-refractivity contribution < 1.29 is 9.90 Å². The number of aliphatic hydroxyl groups is 1. The number of halogens is 1. The lowest BCUT2D eigenvalue weighted by Crippen LogP contribution is -2.61. The maximum atomic E-state index is 12.0. The molecule has 6 nitrogen and oxygen atoms in total. The van der Waals surface area contributed by atoms with Gasteiger partial charge in [-0.2, -0.15) is 0 Å². The van der Waals surface area contributed by atoms with Crippen LogP contribution in [-0.2, 0) is 0 Å². The summed E-state index contributed by atoms with van der Waals surface area (Å²) in [5, 5.41) is 16.0. The number of H-pyrrole nitrogens is 1. The van der Waals surface area contributed by atoms with Crippen molar-refractivity contribution in [2.45, 2.75) is 37.8 Å². The molecule has 4 aliphatic rings. The number of pyridine rings is 1. The summed E-state index contributed by atoms with van der Waals surface area (Å²) in [5.74, 6) is 1.28. The predicted octanol–water partition coefficient (Wildman–Crippen LogP) is 2.87. The Labute approximate surface area is 150 Å². The van der Waals surface area contributed by atoms with E-state index in [0.717, 1.165) is 37.5 Å². The third-order valence-electron chi connectivity index (χ3n) is 6.63. The minimum absolute atomic E-state index is 0.199. The van der Waals surface area contributed by atoms with Crippen molar-refractivity contribution in [3.8, 4) is 0 Å². The molecule has 2 heterocycles. The van der Waals surface area contributed by atoms with Crippen LogP contribution in [0.5, 0.6) is 0 Å². The molecule has 4 saturated carbocycles. The van der Waals surface area contributed by atoms with Crippen LogP contribution in [0.2, 0.25) is 5.02 Å². The smallest absolute Gasteiger partial charge is 0.252 e. The second kappa shape index (κ2) is 5.11. The van der Waals surface area contributed by atoms with Crippen molar-refractivity contribution in [2.75, 3.05) is 5.32 Å². The summed E-state index contributed by atoms with van der Waals surface area (Å²) < 4.78 is 0. The molecule has 0 saturated heterocycles. The van der Waals surface area contributed by atoms with Gasteiger partial charge in [-0.25, -0.2) is 4.98 Å². The Morgan fingerprint density at radius 1 is 1.28 bits per heavy atom. The van der Waals surface area contributed by atoms with E-state index >= 15 is 0 Å². The van der Waals surface area contributed by atoms with Crippen LogP contribution in [0.15, 0.2) is 12.4 Å². The van der Waals surface area contributed by atoms with Gasteiger partial charge in [0.2, 0.25) is 0 Å². The molecule has 7 heteroatoms. The molecule has 0 unspecified atom stereocenters. The molecule has 0 aromatic carbocycles. The Hall–Kier alpha value is -1.79. The van der Waals surface area contributed by atoms with Gasteiger partial charge in [0.15, 0.2) is 0 Å². The topological polar surface area (TPSA) is 104 Å². The quantitative estimate of drug-likeness (QED) is 0.632. The standard InChI is InChI=1S/C18H21ClN4O2/c19-13-7-22-17-14(13)15(12(6-21-17)16(20)24)23-18(25)10-2-8-1-9(4-10)5-11(18)3-8/h6-11,25H,1-5H2,(H2,20,24)(H2,21,22,23). The Morgan fingerprint density at radius 3 is 2.52 bits per heavy atom. The maximum absolute atomic E-state index is 12.0. The molecule has 0 aliphatic heterocycles. The zero-order valence-electron chi connectivity index (χ0n) is 13.8. The molecule has 1 amide bonds. The number of anilines is 1. The zero-order chi connectivity index (χ0) is 17.3. The van der Waals surface area contributed by atoms with E-state index in [0.29, 0.717) is 21.7 Å². The third-order valence-corrected chi connectivity index (χ3v) is 6.92. The SMILES string of the molecule is NC(=O)c1cnc2[nH]cc(Cl)c2c1NC1(O)C2CC3CC(C2)CC1C3. The molecule has 5 N–H and O–H groups in total. The number of fused-ring (bicyclic) bond motifs is 1. The van der Waals surface area contributed by atoms with E-state index in [1.165, 1.54) is 12.6 Å². The highest BCUT2D eigenvalue weighted by Crippen LogP contribution is 2.58. The zero-order valence-corrected chi connectivity index (χ0v) is 14.5. The summed E-state index contributed by atoms with van der Waals surface area (Å²) in [7, 11) is 0. The maximum Gasteiger partial charge on any atom is 0.252 e. The average molecular weight is 361 g/mol. The molecule has 4 fully saturated rings. The number of nitrogens with zero attached hydrogens (tertiary/aromatic N) is 1. The van der Waals surface area contributed by atoms with Crippen molar-refractivity contribution in [3.05, 3.63) is 23.0 Å². The van der Waals surface area contributed by atoms with E-state index in [9.17, 15) is 9.90 Å². The molecule has 6 rings (SSSR count). The molecular weight excluding hydrogens is 340 g/mol. The Balaban J connectivity index is 1.63. The molecule has 0 spiro atoms. The normalized spacial score (nSPS) is 36.1. The molecular formula is C18H21ClN4O2. The van der Waals surface area contributed by atoms with Gasteiger partial charge >= 0.3 is 0 Å². The van der Waals surface area contributed by atoms with Crippen LogP contribution in [0.3, 0.4) is 0 Å². The third kappa shape index (κ3) is 2.13. The van der Waals surface area contributed by atoms with Gasteiger partial charge in [0.05, 0.1) is 21.7 Å². The molecule has 4 bridgehead atoms. The number of aromatic amines is 1. The summed E-state index contributed by atoms with van der Waals surface area (Å²) >= 11 is 6.32. The van der Waals surface area contributed by atoms with Crippen LogP contribution in [0.4, 0.5) is 5.69 Å². The van der Waals surface area contributed by atoms with E-state index in [1.807, 2.05) is 0 Å². The number of rotatable bonds is 3. The minimum Gasteiger partial charge on any atom is -0.370 e. The Bertz CT molecular complexity index is 849. The van der Waals surface area contributed by atoms with Gasteiger partial charge in [0.1, 0.15) is 11.4 Å². The second-order valence-electron chi connectivity index (χ2n) is 8.03. The summed E-state index contributed by atoms with van der Waals surface area (Å²) in [6, 6.07) is 0. The van der Waals surface area contributed by atoms with Crippen LogP contribution >= 0.6 is 11.6 Å². The fraction of sp³-hybridized carbons (Fsp3) is 0.556. The first-order valence-electron chi connectivity index (χ1n) is 8.91. The van der Waals surface area contributed by atoms with Crippen molar-refractivity contribution in [1.82, 2.24) is 9.97 Å².